The Hall–Kier alpha value is -1.21. The highest BCUT2D eigenvalue weighted by molar-refractivity contribution is 8.00. The van der Waals surface area contributed by atoms with Gasteiger partial charge in [0.1, 0.15) is 5.82 Å². The molecular formula is C9H9F2NO3S. The van der Waals surface area contributed by atoms with Gasteiger partial charge in [-0.25, -0.2) is 4.39 Å². The van der Waals surface area contributed by atoms with Crippen molar-refractivity contribution in [2.24, 2.45) is 0 Å². The Morgan fingerprint density at radius 1 is 1.56 bits per heavy atom. The van der Waals surface area contributed by atoms with Crippen LogP contribution in [-0.4, -0.2) is 21.9 Å². The molecule has 1 unspecified atom stereocenters. The predicted octanol–water partition coefficient (Wildman–Crippen LogP) is 2.35. The van der Waals surface area contributed by atoms with Crippen molar-refractivity contribution in [1.82, 2.24) is 0 Å². The van der Waals surface area contributed by atoms with Gasteiger partial charge in [-0.15, -0.1) is 11.8 Å². The van der Waals surface area contributed by atoms with E-state index < -0.39 is 22.2 Å². The molecule has 0 saturated heterocycles. The second-order valence-corrected chi connectivity index (χ2v) is 4.58. The molecule has 88 valence electrons. The third-order valence-electron chi connectivity index (χ3n) is 1.76. The summed E-state index contributed by atoms with van der Waals surface area (Å²) in [5.41, 5.74) is -0.758. The van der Waals surface area contributed by atoms with Crippen molar-refractivity contribution >= 4 is 17.4 Å². The highest BCUT2D eigenvalue weighted by Crippen LogP contribution is 2.34. The topological polar surface area (TPSA) is 63.4 Å². The summed E-state index contributed by atoms with van der Waals surface area (Å²) in [6, 6.07) is 1.35. The fourth-order valence-electron chi connectivity index (χ4n) is 1.06. The van der Waals surface area contributed by atoms with Crippen LogP contribution >= 0.6 is 11.8 Å². The minimum atomic E-state index is -1.21. The van der Waals surface area contributed by atoms with Gasteiger partial charge in [0, 0.05) is 11.3 Å². The van der Waals surface area contributed by atoms with Crippen molar-refractivity contribution < 1.29 is 18.8 Å². The Bertz CT molecular complexity index is 414. The van der Waals surface area contributed by atoms with Crippen LogP contribution in [0.4, 0.5) is 14.5 Å². The zero-order valence-corrected chi connectivity index (χ0v) is 9.13. The van der Waals surface area contributed by atoms with Crippen LogP contribution in [-0.2, 0) is 0 Å². The van der Waals surface area contributed by atoms with Crippen molar-refractivity contribution in [2.75, 3.05) is 6.61 Å². The zero-order chi connectivity index (χ0) is 12.3. The number of rotatable bonds is 4. The van der Waals surface area contributed by atoms with Crippen molar-refractivity contribution in [3.05, 3.63) is 33.9 Å². The van der Waals surface area contributed by atoms with Crippen LogP contribution < -0.4 is 0 Å². The molecule has 1 aromatic rings. The van der Waals surface area contributed by atoms with Crippen LogP contribution in [0.15, 0.2) is 17.0 Å². The first-order valence-corrected chi connectivity index (χ1v) is 5.24. The maximum atomic E-state index is 13.2. The van der Waals surface area contributed by atoms with Gasteiger partial charge in [-0.05, 0) is 6.07 Å². The molecule has 0 spiro atoms. The molecular weight excluding hydrogens is 240 g/mol. The number of nitrogens with zero attached hydrogens (tertiary/aromatic N) is 1. The molecule has 1 atom stereocenters. The Labute approximate surface area is 94.4 Å². The quantitative estimate of drug-likeness (QED) is 0.505. The van der Waals surface area contributed by atoms with Gasteiger partial charge in [-0.3, -0.25) is 10.1 Å². The molecule has 1 N–H and O–H groups in total. The van der Waals surface area contributed by atoms with E-state index in [0.717, 1.165) is 17.8 Å². The lowest BCUT2D eigenvalue weighted by Crippen LogP contribution is -2.04. The van der Waals surface area contributed by atoms with E-state index in [1.54, 1.807) is 6.92 Å². The molecule has 4 nitrogen and oxygen atoms in total. The molecule has 0 bridgehead atoms. The van der Waals surface area contributed by atoms with Gasteiger partial charge >= 0.3 is 5.69 Å². The molecule has 0 aromatic heterocycles. The number of aliphatic hydroxyl groups is 1. The smallest absolute Gasteiger partial charge is 0.318 e. The summed E-state index contributed by atoms with van der Waals surface area (Å²) in [6.45, 7) is 1.36. The summed E-state index contributed by atoms with van der Waals surface area (Å²) >= 11 is 0.855. The fourth-order valence-corrected chi connectivity index (χ4v) is 2.04. The maximum absolute atomic E-state index is 13.2. The van der Waals surface area contributed by atoms with Crippen molar-refractivity contribution in [2.45, 2.75) is 17.1 Å². The standard InChI is InChI=1S/C9H9F2NO3S/c1-5(4-13)16-8-3-6(10)2-7(11)9(8)12(14)15/h2-3,5,13H,4H2,1H3. The number of aliphatic hydroxyl groups excluding tert-OH is 1. The first-order valence-electron chi connectivity index (χ1n) is 4.36. The lowest BCUT2D eigenvalue weighted by molar-refractivity contribution is -0.390. The Morgan fingerprint density at radius 3 is 2.69 bits per heavy atom. The molecule has 16 heavy (non-hydrogen) atoms. The Kier molecular flexibility index (Phi) is 4.19. The maximum Gasteiger partial charge on any atom is 0.318 e. The molecule has 0 aliphatic carbocycles. The number of nitro groups is 1. The van der Waals surface area contributed by atoms with Crippen LogP contribution in [0.1, 0.15) is 6.92 Å². The Balaban J connectivity index is 3.19. The molecule has 0 heterocycles. The average molecular weight is 249 g/mol. The van der Waals surface area contributed by atoms with Gasteiger partial charge in [0.2, 0.25) is 5.82 Å². The summed E-state index contributed by atoms with van der Waals surface area (Å²) in [6.07, 6.45) is 0. The molecule has 0 fully saturated rings. The normalized spacial score (nSPS) is 12.5. The highest BCUT2D eigenvalue weighted by Gasteiger charge is 2.23. The number of hydrogen-bond acceptors (Lipinski definition) is 4. The summed E-state index contributed by atoms with van der Waals surface area (Å²) in [5.74, 6) is -2.09. The number of nitro benzene ring substituents is 1. The fraction of sp³-hybridized carbons (Fsp3) is 0.333. The van der Waals surface area contributed by atoms with Gasteiger partial charge in [0.25, 0.3) is 0 Å². The van der Waals surface area contributed by atoms with Crippen molar-refractivity contribution in [1.29, 1.82) is 0 Å². The van der Waals surface area contributed by atoms with Crippen LogP contribution in [0, 0.1) is 21.7 Å². The molecule has 0 amide bonds. The minimum absolute atomic E-state index is 0.121. The van der Waals surface area contributed by atoms with E-state index >= 15 is 0 Å². The molecule has 1 rings (SSSR count). The number of hydrogen-bond donors (Lipinski definition) is 1. The third-order valence-corrected chi connectivity index (χ3v) is 2.88. The van der Waals surface area contributed by atoms with Crippen LogP contribution in [0.3, 0.4) is 0 Å². The van der Waals surface area contributed by atoms with E-state index in [0.29, 0.717) is 6.07 Å². The first-order chi connectivity index (χ1) is 7.45. The van der Waals surface area contributed by atoms with E-state index in [9.17, 15) is 18.9 Å². The highest BCUT2D eigenvalue weighted by atomic mass is 32.2. The van der Waals surface area contributed by atoms with E-state index in [-0.39, 0.29) is 16.8 Å². The van der Waals surface area contributed by atoms with E-state index in [4.69, 9.17) is 5.11 Å². The van der Waals surface area contributed by atoms with E-state index in [1.165, 1.54) is 0 Å². The number of halogens is 2. The molecule has 0 saturated carbocycles. The van der Waals surface area contributed by atoms with Crippen LogP contribution in [0.2, 0.25) is 0 Å². The monoisotopic (exact) mass is 249 g/mol. The van der Waals surface area contributed by atoms with Crippen molar-refractivity contribution in [3.63, 3.8) is 0 Å². The third kappa shape index (κ3) is 2.89. The SMILES string of the molecule is CC(CO)Sc1cc(F)cc(F)c1[N+](=O)[O-]. The lowest BCUT2D eigenvalue weighted by atomic mass is 10.3. The van der Waals surface area contributed by atoms with Crippen molar-refractivity contribution in [3.8, 4) is 0 Å². The summed E-state index contributed by atoms with van der Waals surface area (Å²) < 4.78 is 26.0. The van der Waals surface area contributed by atoms with E-state index in [2.05, 4.69) is 0 Å². The van der Waals surface area contributed by atoms with E-state index in [1.807, 2.05) is 0 Å². The summed E-state index contributed by atoms with van der Waals surface area (Å²) in [7, 11) is 0. The summed E-state index contributed by atoms with van der Waals surface area (Å²) in [5, 5.41) is 19.0. The van der Waals surface area contributed by atoms with Crippen LogP contribution in [0.25, 0.3) is 0 Å². The van der Waals surface area contributed by atoms with Gasteiger partial charge in [-0.1, -0.05) is 6.92 Å². The molecule has 7 heteroatoms. The summed E-state index contributed by atoms with van der Waals surface area (Å²) in [4.78, 5) is 9.57. The van der Waals surface area contributed by atoms with Gasteiger partial charge < -0.3 is 5.11 Å². The van der Waals surface area contributed by atoms with Crippen LogP contribution in [0.5, 0.6) is 0 Å². The van der Waals surface area contributed by atoms with Gasteiger partial charge in [-0.2, -0.15) is 4.39 Å². The first kappa shape index (κ1) is 12.9. The average Bonchev–Trinajstić information content (AvgIpc) is 2.15. The molecule has 0 aliphatic rings. The van der Waals surface area contributed by atoms with Gasteiger partial charge in [0.15, 0.2) is 0 Å². The van der Waals surface area contributed by atoms with Gasteiger partial charge in [0.05, 0.1) is 16.4 Å². The minimum Gasteiger partial charge on any atom is -0.395 e. The Morgan fingerprint density at radius 2 is 2.19 bits per heavy atom. The lowest BCUT2D eigenvalue weighted by Gasteiger charge is -2.08. The largest absolute Gasteiger partial charge is 0.395 e. The zero-order valence-electron chi connectivity index (χ0n) is 8.31. The number of benzene rings is 1. The molecule has 0 aliphatic heterocycles. The molecule has 1 aromatic carbocycles. The second kappa shape index (κ2) is 5.22. The predicted molar refractivity (Wildman–Crippen MR) is 55.4 cm³/mol. The number of thioether (sulfide) groups is 1. The molecule has 0 radical (unpaired) electrons. The second-order valence-electron chi connectivity index (χ2n) is 3.10.